The van der Waals surface area contributed by atoms with E-state index in [1.165, 1.54) is 29.4 Å². The third-order valence-electron chi connectivity index (χ3n) is 5.21. The monoisotopic (exact) mass is 483 g/mol. The highest BCUT2D eigenvalue weighted by Gasteiger charge is 2.29. The van der Waals surface area contributed by atoms with Gasteiger partial charge in [-0.2, -0.15) is 4.31 Å². The van der Waals surface area contributed by atoms with Crippen LogP contribution in [0, 0.1) is 0 Å². The average molecular weight is 484 g/mol. The zero-order valence-corrected chi connectivity index (χ0v) is 19.5. The van der Waals surface area contributed by atoms with Gasteiger partial charge in [-0.25, -0.2) is 8.42 Å². The number of rotatable bonds is 5. The van der Waals surface area contributed by atoms with Crippen molar-refractivity contribution in [3.05, 3.63) is 63.6 Å². The highest BCUT2D eigenvalue weighted by molar-refractivity contribution is 7.89. The van der Waals surface area contributed by atoms with Crippen molar-refractivity contribution in [3.8, 4) is 0 Å². The van der Waals surface area contributed by atoms with Gasteiger partial charge >= 0.3 is 0 Å². The maximum absolute atomic E-state index is 13.0. The summed E-state index contributed by atoms with van der Waals surface area (Å²) in [6.45, 7) is 4.38. The van der Waals surface area contributed by atoms with Gasteiger partial charge in [0, 0.05) is 38.7 Å². The molecule has 1 aliphatic rings. The Labute approximate surface area is 192 Å². The predicted octanol–water partition coefficient (Wildman–Crippen LogP) is 3.34. The lowest BCUT2D eigenvalue weighted by atomic mass is 10.1. The van der Waals surface area contributed by atoms with Crippen molar-refractivity contribution in [3.63, 3.8) is 0 Å². The summed E-state index contributed by atoms with van der Waals surface area (Å²) in [5, 5.41) is 3.65. The first-order valence-electron chi connectivity index (χ1n) is 9.71. The molecule has 0 radical (unpaired) electrons. The van der Waals surface area contributed by atoms with E-state index in [9.17, 15) is 18.0 Å². The normalized spacial score (nSPS) is 16.1. The standard InChI is InChI=1S/C21H23Cl2N3O4S/c1-14(16-6-7-19(22)20(23)13-16)24-21(28)17-4-3-5-18(12-17)31(29,30)26-10-8-25(9-11-26)15(2)27/h3-7,12-14H,8-11H2,1-2H3,(H,24,28). The van der Waals surface area contributed by atoms with Crippen molar-refractivity contribution in [1.29, 1.82) is 0 Å². The number of carbonyl (C=O) groups excluding carboxylic acids is 2. The van der Waals surface area contributed by atoms with Crippen molar-refractivity contribution < 1.29 is 18.0 Å². The SMILES string of the molecule is CC(=O)N1CCN(S(=O)(=O)c2cccc(C(=O)NC(C)c3ccc(Cl)c(Cl)c3)c2)CC1. The molecule has 31 heavy (non-hydrogen) atoms. The van der Waals surface area contributed by atoms with Crippen LogP contribution in [-0.2, 0) is 14.8 Å². The molecule has 1 saturated heterocycles. The Bertz CT molecular complexity index is 1100. The highest BCUT2D eigenvalue weighted by atomic mass is 35.5. The van der Waals surface area contributed by atoms with Gasteiger partial charge in [-0.1, -0.05) is 35.3 Å². The lowest BCUT2D eigenvalue weighted by molar-refractivity contribution is -0.129. The summed E-state index contributed by atoms with van der Waals surface area (Å²) in [5.41, 5.74) is 1.00. The van der Waals surface area contributed by atoms with Crippen molar-refractivity contribution in [2.24, 2.45) is 0 Å². The van der Waals surface area contributed by atoms with Crippen LogP contribution in [0.4, 0.5) is 0 Å². The molecule has 0 bridgehead atoms. The zero-order valence-electron chi connectivity index (χ0n) is 17.1. The van der Waals surface area contributed by atoms with Gasteiger partial charge in [0.25, 0.3) is 5.91 Å². The van der Waals surface area contributed by atoms with Crippen LogP contribution in [0.1, 0.15) is 35.8 Å². The molecule has 1 N–H and O–H groups in total. The van der Waals surface area contributed by atoms with Crippen molar-refractivity contribution >= 4 is 45.0 Å². The number of halogens is 2. The van der Waals surface area contributed by atoms with E-state index in [0.717, 1.165) is 5.56 Å². The van der Waals surface area contributed by atoms with E-state index in [2.05, 4.69) is 5.32 Å². The number of nitrogens with zero attached hydrogens (tertiary/aromatic N) is 2. The molecule has 1 heterocycles. The number of hydrogen-bond acceptors (Lipinski definition) is 4. The van der Waals surface area contributed by atoms with E-state index in [0.29, 0.717) is 23.1 Å². The summed E-state index contributed by atoms with van der Waals surface area (Å²) in [7, 11) is -3.77. The van der Waals surface area contributed by atoms with Crippen LogP contribution in [-0.4, -0.2) is 55.6 Å². The number of nitrogens with one attached hydrogen (secondary N) is 1. The lowest BCUT2D eigenvalue weighted by Gasteiger charge is -2.33. The zero-order chi connectivity index (χ0) is 22.8. The number of carbonyl (C=O) groups is 2. The highest BCUT2D eigenvalue weighted by Crippen LogP contribution is 2.26. The van der Waals surface area contributed by atoms with E-state index in [4.69, 9.17) is 23.2 Å². The summed E-state index contributed by atoms with van der Waals surface area (Å²) < 4.78 is 27.4. The molecular weight excluding hydrogens is 461 g/mol. The number of benzene rings is 2. The molecule has 1 aliphatic heterocycles. The van der Waals surface area contributed by atoms with E-state index in [1.54, 1.807) is 36.1 Å². The molecule has 2 aromatic rings. The summed E-state index contributed by atoms with van der Waals surface area (Å²) in [6.07, 6.45) is 0. The first kappa shape index (κ1) is 23.5. The molecule has 2 aromatic carbocycles. The molecule has 0 aliphatic carbocycles. The average Bonchev–Trinajstić information content (AvgIpc) is 2.75. The predicted molar refractivity (Wildman–Crippen MR) is 120 cm³/mol. The molecular formula is C21H23Cl2N3O4S. The lowest BCUT2D eigenvalue weighted by Crippen LogP contribution is -2.49. The Kier molecular flexibility index (Phi) is 7.26. The Morgan fingerprint density at radius 1 is 1.00 bits per heavy atom. The second-order valence-corrected chi connectivity index (χ2v) is 10.1. The van der Waals surface area contributed by atoms with Gasteiger partial charge in [0.05, 0.1) is 21.0 Å². The van der Waals surface area contributed by atoms with E-state index in [-0.39, 0.29) is 35.5 Å². The van der Waals surface area contributed by atoms with Crippen molar-refractivity contribution in [1.82, 2.24) is 14.5 Å². The maximum atomic E-state index is 13.0. The molecule has 1 unspecified atom stereocenters. The number of piperazine rings is 1. The largest absolute Gasteiger partial charge is 0.346 e. The van der Waals surface area contributed by atoms with Gasteiger partial charge in [-0.05, 0) is 42.8 Å². The fourth-order valence-corrected chi connectivity index (χ4v) is 5.11. The van der Waals surface area contributed by atoms with Gasteiger partial charge in [0.1, 0.15) is 0 Å². The Balaban J connectivity index is 1.73. The molecule has 0 spiro atoms. The van der Waals surface area contributed by atoms with E-state index in [1.807, 2.05) is 0 Å². The minimum Gasteiger partial charge on any atom is -0.346 e. The van der Waals surface area contributed by atoms with Gasteiger partial charge in [0.15, 0.2) is 0 Å². The van der Waals surface area contributed by atoms with Crippen LogP contribution < -0.4 is 5.32 Å². The smallest absolute Gasteiger partial charge is 0.251 e. The second-order valence-electron chi connectivity index (χ2n) is 7.31. The van der Waals surface area contributed by atoms with Crippen LogP contribution in [0.3, 0.4) is 0 Å². The minimum absolute atomic E-state index is 0.0404. The Morgan fingerprint density at radius 3 is 2.29 bits per heavy atom. The second kappa shape index (κ2) is 9.56. The third kappa shape index (κ3) is 5.38. The molecule has 10 heteroatoms. The minimum atomic E-state index is -3.77. The van der Waals surface area contributed by atoms with Crippen LogP contribution in [0.15, 0.2) is 47.4 Å². The molecule has 0 aromatic heterocycles. The number of hydrogen-bond donors (Lipinski definition) is 1. The summed E-state index contributed by atoms with van der Waals surface area (Å²) in [5.74, 6) is -0.483. The van der Waals surface area contributed by atoms with Crippen LogP contribution in [0.2, 0.25) is 10.0 Å². The fourth-order valence-electron chi connectivity index (χ4n) is 3.34. The van der Waals surface area contributed by atoms with Gasteiger partial charge in [-0.15, -0.1) is 0 Å². The molecule has 0 saturated carbocycles. The summed E-state index contributed by atoms with van der Waals surface area (Å²) >= 11 is 12.0. The Morgan fingerprint density at radius 2 is 1.68 bits per heavy atom. The van der Waals surface area contributed by atoms with Gasteiger partial charge in [0.2, 0.25) is 15.9 Å². The molecule has 166 valence electrons. The van der Waals surface area contributed by atoms with Gasteiger partial charge in [-0.3, -0.25) is 9.59 Å². The topological polar surface area (TPSA) is 86.8 Å². The van der Waals surface area contributed by atoms with Crippen LogP contribution in [0.25, 0.3) is 0 Å². The molecule has 7 nitrogen and oxygen atoms in total. The first-order chi connectivity index (χ1) is 14.6. The van der Waals surface area contributed by atoms with Crippen molar-refractivity contribution in [2.45, 2.75) is 24.8 Å². The first-order valence-corrected chi connectivity index (χ1v) is 11.9. The Hall–Kier alpha value is -2.13. The maximum Gasteiger partial charge on any atom is 0.251 e. The molecule has 2 amide bonds. The molecule has 1 fully saturated rings. The van der Waals surface area contributed by atoms with E-state index < -0.39 is 15.9 Å². The van der Waals surface area contributed by atoms with E-state index >= 15 is 0 Å². The summed E-state index contributed by atoms with van der Waals surface area (Å²) in [6, 6.07) is 10.7. The quantitative estimate of drug-likeness (QED) is 0.706. The van der Waals surface area contributed by atoms with Crippen LogP contribution in [0.5, 0.6) is 0 Å². The number of amides is 2. The molecule has 1 atom stereocenters. The third-order valence-corrected chi connectivity index (χ3v) is 7.84. The van der Waals surface area contributed by atoms with Gasteiger partial charge < -0.3 is 10.2 Å². The number of sulfonamides is 1. The molecule has 3 rings (SSSR count). The van der Waals surface area contributed by atoms with Crippen LogP contribution >= 0.6 is 23.2 Å². The fraction of sp³-hybridized carbons (Fsp3) is 0.333. The summed E-state index contributed by atoms with van der Waals surface area (Å²) in [4.78, 5) is 25.9. The van der Waals surface area contributed by atoms with Crippen molar-refractivity contribution in [2.75, 3.05) is 26.2 Å².